The van der Waals surface area contributed by atoms with Crippen LogP contribution in [0.5, 0.6) is 11.5 Å². The van der Waals surface area contributed by atoms with E-state index in [1.165, 1.54) is 0 Å². The molecule has 0 aliphatic carbocycles. The molecule has 4 atom stereocenters. The van der Waals surface area contributed by atoms with Gasteiger partial charge in [0.25, 0.3) is 0 Å². The van der Waals surface area contributed by atoms with Gasteiger partial charge in [-0.05, 0) is 71.9 Å². The van der Waals surface area contributed by atoms with Crippen LogP contribution < -0.4 is 9.47 Å². The first-order chi connectivity index (χ1) is 21.8. The molecule has 0 radical (unpaired) electrons. The number of β-lactam (4-membered cyclic amide) rings is 1. The molecule has 1 heterocycles. The molecule has 1 amide bonds. The Morgan fingerprint density at radius 1 is 0.848 bits per heavy atom. The summed E-state index contributed by atoms with van der Waals surface area (Å²) in [6, 6.07) is 24.3. The average molecular weight is 648 g/mol. The molecule has 3 aromatic rings. The highest BCUT2D eigenvalue weighted by atomic mass is 28.4. The lowest BCUT2D eigenvalue weighted by atomic mass is 9.74. The van der Waals surface area contributed by atoms with Crippen molar-refractivity contribution in [1.29, 1.82) is 0 Å². The first kappa shape index (κ1) is 35.0. The van der Waals surface area contributed by atoms with E-state index in [0.717, 1.165) is 28.2 Å². The third-order valence-electron chi connectivity index (χ3n) is 9.45. The molecule has 1 saturated heterocycles. The van der Waals surface area contributed by atoms with Crippen LogP contribution in [0, 0.1) is 11.8 Å². The molecule has 9 heteroatoms. The summed E-state index contributed by atoms with van der Waals surface area (Å²) in [4.78, 5) is 29.0. The van der Waals surface area contributed by atoms with Gasteiger partial charge in [0.1, 0.15) is 24.2 Å². The maximum Gasteiger partial charge on any atom is 0.508 e. The average Bonchev–Trinajstić information content (AvgIpc) is 3.04. The topological polar surface area (TPSA) is 83.5 Å². The molecule has 0 saturated carbocycles. The molecule has 8 nitrogen and oxygen atoms in total. The Hall–Kier alpha value is -3.82. The smallest absolute Gasteiger partial charge is 0.497 e. The van der Waals surface area contributed by atoms with Gasteiger partial charge in [-0.3, -0.25) is 4.79 Å². The predicted octanol–water partition coefficient (Wildman–Crippen LogP) is 8.02. The van der Waals surface area contributed by atoms with E-state index < -0.39 is 32.5 Å². The van der Waals surface area contributed by atoms with Crippen molar-refractivity contribution >= 4 is 20.4 Å². The number of rotatable bonds is 13. The Balaban J connectivity index is 1.65. The SMILES string of the molecule is COc1ccc(C(c2ccc(OC)cc2)N2C(=O)[C@H]([C@@H](C)OC(=O)OCc3ccccc3)[C@H]2[C@@H](C)CO[Si](C)(C)C(C)(C)C)cc1. The van der Waals surface area contributed by atoms with Gasteiger partial charge in [0.2, 0.25) is 5.91 Å². The van der Waals surface area contributed by atoms with Crippen LogP contribution in [0.3, 0.4) is 0 Å². The highest BCUT2D eigenvalue weighted by molar-refractivity contribution is 6.74. The van der Waals surface area contributed by atoms with E-state index >= 15 is 0 Å². The second kappa shape index (κ2) is 14.7. The van der Waals surface area contributed by atoms with E-state index in [0.29, 0.717) is 6.61 Å². The van der Waals surface area contributed by atoms with Crippen molar-refractivity contribution in [2.45, 2.75) is 77.5 Å². The lowest BCUT2D eigenvalue weighted by Crippen LogP contribution is -2.68. The molecular formula is C37H49NO7Si. The predicted molar refractivity (Wildman–Crippen MR) is 181 cm³/mol. The number of hydrogen-bond donors (Lipinski definition) is 0. The van der Waals surface area contributed by atoms with E-state index in [4.69, 9.17) is 23.4 Å². The third-order valence-corrected chi connectivity index (χ3v) is 14.0. The molecule has 46 heavy (non-hydrogen) atoms. The molecule has 0 spiro atoms. The molecule has 1 aliphatic heterocycles. The first-order valence-corrected chi connectivity index (χ1v) is 18.8. The molecule has 0 N–H and O–H groups in total. The zero-order valence-corrected chi connectivity index (χ0v) is 29.6. The van der Waals surface area contributed by atoms with Gasteiger partial charge in [-0.25, -0.2) is 4.79 Å². The van der Waals surface area contributed by atoms with Crippen LogP contribution in [0.4, 0.5) is 4.79 Å². The van der Waals surface area contributed by atoms with Crippen molar-refractivity contribution < 1.29 is 33.0 Å². The van der Waals surface area contributed by atoms with E-state index in [2.05, 4.69) is 40.8 Å². The second-order valence-electron chi connectivity index (χ2n) is 13.6. The van der Waals surface area contributed by atoms with Gasteiger partial charge in [-0.2, -0.15) is 0 Å². The fourth-order valence-corrected chi connectivity index (χ4v) is 6.79. The summed E-state index contributed by atoms with van der Waals surface area (Å²) in [5, 5.41) is 0.0366. The highest BCUT2D eigenvalue weighted by Gasteiger charge is 2.56. The molecule has 0 unspecified atom stereocenters. The molecule has 3 aromatic carbocycles. The van der Waals surface area contributed by atoms with Crippen molar-refractivity contribution in [2.24, 2.45) is 11.8 Å². The van der Waals surface area contributed by atoms with Gasteiger partial charge < -0.3 is 28.3 Å². The quantitative estimate of drug-likeness (QED) is 0.106. The van der Waals surface area contributed by atoms with Crippen molar-refractivity contribution in [2.75, 3.05) is 20.8 Å². The summed E-state index contributed by atoms with van der Waals surface area (Å²) in [6.45, 7) is 15.6. The third kappa shape index (κ3) is 7.93. The van der Waals surface area contributed by atoms with E-state index in [1.54, 1.807) is 21.1 Å². The fraction of sp³-hybridized carbons (Fsp3) is 0.459. The zero-order chi connectivity index (χ0) is 33.6. The minimum absolute atomic E-state index is 0.0366. The lowest BCUT2D eigenvalue weighted by molar-refractivity contribution is -0.174. The van der Waals surface area contributed by atoms with Crippen LogP contribution in [0.2, 0.25) is 18.1 Å². The number of hydrogen-bond acceptors (Lipinski definition) is 7. The number of methoxy groups -OCH3 is 2. The Kier molecular flexibility index (Phi) is 11.2. The monoisotopic (exact) mass is 647 g/mol. The molecule has 4 rings (SSSR count). The standard InChI is InChI=1S/C37H49NO7Si/c1-25(23-44-46(8,9)37(3,4)5)33-32(26(2)45-36(40)43-24-27-13-11-10-12-14-27)35(39)38(33)34(28-15-19-30(41-6)20-16-28)29-17-21-31(42-7)22-18-29/h10-22,25-26,32-34H,23-24H2,1-9H3/t25-,26+,32+,33+/m0/s1. The highest BCUT2D eigenvalue weighted by Crippen LogP contribution is 2.46. The number of carbonyl (C=O) groups is 2. The van der Waals surface area contributed by atoms with Crippen LogP contribution in [-0.4, -0.2) is 58.3 Å². The van der Waals surface area contributed by atoms with E-state index in [1.807, 2.05) is 83.8 Å². The van der Waals surface area contributed by atoms with Crippen LogP contribution in [0.25, 0.3) is 0 Å². The Bertz CT molecular complexity index is 1390. The second-order valence-corrected chi connectivity index (χ2v) is 18.4. The van der Waals surface area contributed by atoms with Gasteiger partial charge in [0, 0.05) is 6.61 Å². The molecule has 0 aromatic heterocycles. The molecular weight excluding hydrogens is 598 g/mol. The van der Waals surface area contributed by atoms with Crippen molar-refractivity contribution in [1.82, 2.24) is 4.90 Å². The number of ether oxygens (including phenoxy) is 4. The number of carbonyl (C=O) groups excluding carboxylic acids is 2. The summed E-state index contributed by atoms with van der Waals surface area (Å²) in [6.07, 6.45) is -1.51. The Labute approximate surface area is 275 Å². The Morgan fingerprint density at radius 2 is 1.37 bits per heavy atom. The molecule has 0 bridgehead atoms. The van der Waals surface area contributed by atoms with Crippen LogP contribution in [0.15, 0.2) is 78.9 Å². The minimum atomic E-state index is -2.07. The normalized spacial score (nSPS) is 18.0. The minimum Gasteiger partial charge on any atom is -0.497 e. The van der Waals surface area contributed by atoms with Gasteiger partial charge >= 0.3 is 6.16 Å². The number of likely N-dealkylation sites (tertiary alicyclic amines) is 1. The van der Waals surface area contributed by atoms with E-state index in [9.17, 15) is 9.59 Å². The van der Waals surface area contributed by atoms with Gasteiger partial charge in [0.15, 0.2) is 8.32 Å². The van der Waals surface area contributed by atoms with Gasteiger partial charge in [0.05, 0.1) is 32.2 Å². The summed E-state index contributed by atoms with van der Waals surface area (Å²) in [7, 11) is 1.19. The summed E-state index contributed by atoms with van der Waals surface area (Å²) in [5.74, 6) is 0.746. The van der Waals surface area contributed by atoms with Crippen molar-refractivity contribution in [3.8, 4) is 11.5 Å². The first-order valence-electron chi connectivity index (χ1n) is 15.9. The maximum absolute atomic E-state index is 14.3. The van der Waals surface area contributed by atoms with Gasteiger partial charge in [-0.15, -0.1) is 0 Å². The van der Waals surface area contributed by atoms with Crippen molar-refractivity contribution in [3.63, 3.8) is 0 Å². The zero-order valence-electron chi connectivity index (χ0n) is 28.6. The number of nitrogens with zero attached hydrogens (tertiary/aromatic N) is 1. The van der Waals surface area contributed by atoms with Crippen molar-refractivity contribution in [3.05, 3.63) is 95.6 Å². The van der Waals surface area contributed by atoms with Crippen LogP contribution >= 0.6 is 0 Å². The molecule has 1 aliphatic rings. The summed E-state index contributed by atoms with van der Waals surface area (Å²) >= 11 is 0. The fourth-order valence-electron chi connectivity index (χ4n) is 5.68. The van der Waals surface area contributed by atoms with E-state index in [-0.39, 0.29) is 29.5 Å². The largest absolute Gasteiger partial charge is 0.508 e. The summed E-state index contributed by atoms with van der Waals surface area (Å²) in [5.41, 5.74) is 2.74. The lowest BCUT2D eigenvalue weighted by Gasteiger charge is -2.55. The van der Waals surface area contributed by atoms with Crippen LogP contribution in [-0.2, 0) is 25.3 Å². The molecule has 1 fully saturated rings. The van der Waals surface area contributed by atoms with Crippen LogP contribution in [0.1, 0.15) is 57.4 Å². The molecule has 248 valence electrons. The van der Waals surface area contributed by atoms with Gasteiger partial charge in [-0.1, -0.05) is 82.3 Å². The maximum atomic E-state index is 14.3. The number of benzene rings is 3. The number of amides is 1. The Morgan fingerprint density at radius 3 is 1.85 bits per heavy atom. The summed E-state index contributed by atoms with van der Waals surface area (Å²) < 4.78 is 28.7.